The van der Waals surface area contributed by atoms with Crippen LogP contribution >= 0.6 is 0 Å². The first-order valence-electron chi connectivity index (χ1n) is 7.44. The average Bonchev–Trinajstić information content (AvgIpc) is 2.53. The van der Waals surface area contributed by atoms with Crippen LogP contribution in [-0.4, -0.2) is 52.2 Å². The number of hydrogen-bond acceptors (Lipinski definition) is 5. The number of aromatic nitrogens is 3. The minimum atomic E-state index is 0.222. The van der Waals surface area contributed by atoms with E-state index in [1.165, 1.54) is 0 Å². The van der Waals surface area contributed by atoms with E-state index in [9.17, 15) is 4.79 Å². The lowest BCUT2D eigenvalue weighted by atomic mass is 10.2. The highest BCUT2D eigenvalue weighted by Crippen LogP contribution is 2.13. The van der Waals surface area contributed by atoms with Gasteiger partial charge in [0.1, 0.15) is 0 Å². The second-order valence-corrected chi connectivity index (χ2v) is 4.93. The van der Waals surface area contributed by atoms with E-state index in [1.807, 2.05) is 11.8 Å². The summed E-state index contributed by atoms with van der Waals surface area (Å²) in [5, 5.41) is 8.51. The molecule has 0 saturated carbocycles. The fraction of sp³-hybridized carbons (Fsp3) is 0.714. The first-order valence-corrected chi connectivity index (χ1v) is 7.44. The predicted molar refractivity (Wildman–Crippen MR) is 77.7 cm³/mol. The van der Waals surface area contributed by atoms with Crippen LogP contribution in [0.25, 0.3) is 0 Å². The van der Waals surface area contributed by atoms with E-state index < -0.39 is 0 Å². The summed E-state index contributed by atoms with van der Waals surface area (Å²) in [5.74, 6) is 0.918. The summed E-state index contributed by atoms with van der Waals surface area (Å²) in [6, 6.07) is 0. The monoisotopic (exact) mass is 277 g/mol. The van der Waals surface area contributed by atoms with Crippen LogP contribution in [0.15, 0.2) is 0 Å². The molecule has 20 heavy (non-hydrogen) atoms. The van der Waals surface area contributed by atoms with Crippen molar-refractivity contribution in [2.24, 2.45) is 0 Å². The third-order valence-electron chi connectivity index (χ3n) is 3.72. The molecule has 1 fully saturated rings. The molecule has 1 saturated heterocycles. The van der Waals surface area contributed by atoms with Crippen molar-refractivity contribution in [2.75, 3.05) is 31.1 Å². The Hall–Kier alpha value is -1.72. The molecule has 110 valence electrons. The van der Waals surface area contributed by atoms with Gasteiger partial charge >= 0.3 is 0 Å². The van der Waals surface area contributed by atoms with Gasteiger partial charge in [0.05, 0.1) is 11.4 Å². The van der Waals surface area contributed by atoms with Crippen LogP contribution in [0.4, 0.5) is 5.95 Å². The fourth-order valence-corrected chi connectivity index (χ4v) is 2.44. The number of aryl methyl sites for hydroxylation is 2. The second kappa shape index (κ2) is 6.63. The van der Waals surface area contributed by atoms with Gasteiger partial charge in [0, 0.05) is 32.6 Å². The molecule has 0 bridgehead atoms. The van der Waals surface area contributed by atoms with Crippen LogP contribution in [0.3, 0.4) is 0 Å². The number of carbonyl (C=O) groups excluding carboxylic acids is 1. The van der Waals surface area contributed by atoms with Gasteiger partial charge in [-0.15, -0.1) is 5.10 Å². The van der Waals surface area contributed by atoms with Gasteiger partial charge in [-0.25, -0.2) is 4.98 Å². The summed E-state index contributed by atoms with van der Waals surface area (Å²) < 4.78 is 0. The zero-order chi connectivity index (χ0) is 14.5. The number of piperazine rings is 1. The molecule has 6 nitrogen and oxygen atoms in total. The summed E-state index contributed by atoms with van der Waals surface area (Å²) in [6.07, 6.45) is 2.31. The van der Waals surface area contributed by atoms with E-state index >= 15 is 0 Å². The van der Waals surface area contributed by atoms with Crippen molar-refractivity contribution < 1.29 is 4.79 Å². The minimum absolute atomic E-state index is 0.222. The van der Waals surface area contributed by atoms with E-state index in [1.54, 1.807) is 0 Å². The maximum atomic E-state index is 11.7. The Kier molecular flexibility index (Phi) is 4.87. The number of nitrogens with zero attached hydrogens (tertiary/aromatic N) is 5. The zero-order valence-corrected chi connectivity index (χ0v) is 12.6. The van der Waals surface area contributed by atoms with Crippen LogP contribution in [0.5, 0.6) is 0 Å². The largest absolute Gasteiger partial charge is 0.339 e. The Balaban J connectivity index is 2.05. The van der Waals surface area contributed by atoms with E-state index in [4.69, 9.17) is 0 Å². The molecular formula is C14H23N5O. The van der Waals surface area contributed by atoms with Gasteiger partial charge in [-0.3, -0.25) is 4.79 Å². The SMILES string of the molecule is CCC(=O)N1CCN(c2nnc(CC)c(CC)n2)CC1. The lowest BCUT2D eigenvalue weighted by molar-refractivity contribution is -0.131. The Morgan fingerprint density at radius 2 is 1.65 bits per heavy atom. The molecular weight excluding hydrogens is 254 g/mol. The van der Waals surface area contributed by atoms with Crippen LogP contribution in [0.1, 0.15) is 38.6 Å². The standard InChI is InChI=1S/C14H23N5O/c1-4-11-12(5-2)16-17-14(15-11)19-9-7-18(8-10-19)13(20)6-3/h4-10H2,1-3H3. The Morgan fingerprint density at radius 1 is 1.00 bits per heavy atom. The zero-order valence-electron chi connectivity index (χ0n) is 12.6. The van der Waals surface area contributed by atoms with Crippen molar-refractivity contribution in [3.63, 3.8) is 0 Å². The van der Waals surface area contributed by atoms with Gasteiger partial charge in [0.25, 0.3) is 0 Å². The molecule has 6 heteroatoms. The van der Waals surface area contributed by atoms with Crippen molar-refractivity contribution in [3.05, 3.63) is 11.4 Å². The molecule has 1 aliphatic heterocycles. The highest BCUT2D eigenvalue weighted by molar-refractivity contribution is 5.76. The molecule has 0 N–H and O–H groups in total. The summed E-state index contributed by atoms with van der Waals surface area (Å²) in [7, 11) is 0. The van der Waals surface area contributed by atoms with Gasteiger partial charge < -0.3 is 9.80 Å². The summed E-state index contributed by atoms with van der Waals surface area (Å²) in [4.78, 5) is 20.3. The molecule has 0 radical (unpaired) electrons. The Morgan fingerprint density at radius 3 is 2.20 bits per heavy atom. The Labute approximate surface area is 120 Å². The number of carbonyl (C=O) groups is 1. The smallest absolute Gasteiger partial charge is 0.245 e. The molecule has 0 aliphatic carbocycles. The maximum absolute atomic E-state index is 11.7. The minimum Gasteiger partial charge on any atom is -0.339 e. The van der Waals surface area contributed by atoms with Crippen molar-refractivity contribution in [1.29, 1.82) is 0 Å². The highest BCUT2D eigenvalue weighted by Gasteiger charge is 2.22. The van der Waals surface area contributed by atoms with Crippen LogP contribution in [0, 0.1) is 0 Å². The van der Waals surface area contributed by atoms with Gasteiger partial charge in [-0.05, 0) is 12.8 Å². The third-order valence-corrected chi connectivity index (χ3v) is 3.72. The lowest BCUT2D eigenvalue weighted by Crippen LogP contribution is -2.49. The van der Waals surface area contributed by atoms with Crippen LogP contribution in [0.2, 0.25) is 0 Å². The van der Waals surface area contributed by atoms with E-state index in [2.05, 4.69) is 33.9 Å². The third kappa shape index (κ3) is 3.05. The predicted octanol–water partition coefficient (Wildman–Crippen LogP) is 1.05. The fourth-order valence-electron chi connectivity index (χ4n) is 2.44. The van der Waals surface area contributed by atoms with Crippen molar-refractivity contribution in [3.8, 4) is 0 Å². The summed E-state index contributed by atoms with van der Waals surface area (Å²) in [5.41, 5.74) is 2.01. The van der Waals surface area contributed by atoms with Gasteiger partial charge in [-0.2, -0.15) is 5.10 Å². The van der Waals surface area contributed by atoms with E-state index in [0.29, 0.717) is 12.4 Å². The van der Waals surface area contributed by atoms with Gasteiger partial charge in [0.15, 0.2) is 0 Å². The van der Waals surface area contributed by atoms with Crippen LogP contribution in [-0.2, 0) is 17.6 Å². The maximum Gasteiger partial charge on any atom is 0.245 e. The Bertz CT molecular complexity index is 469. The second-order valence-electron chi connectivity index (χ2n) is 4.93. The van der Waals surface area contributed by atoms with E-state index in [-0.39, 0.29) is 5.91 Å². The number of rotatable bonds is 4. The molecule has 0 spiro atoms. The van der Waals surface area contributed by atoms with Gasteiger partial charge in [-0.1, -0.05) is 20.8 Å². The number of amides is 1. The topological polar surface area (TPSA) is 62.2 Å². The van der Waals surface area contributed by atoms with Crippen molar-refractivity contribution in [1.82, 2.24) is 20.1 Å². The first kappa shape index (κ1) is 14.7. The molecule has 1 aromatic heterocycles. The normalized spacial score (nSPS) is 15.6. The first-order chi connectivity index (χ1) is 9.69. The summed E-state index contributed by atoms with van der Waals surface area (Å²) >= 11 is 0. The molecule has 1 aromatic rings. The summed E-state index contributed by atoms with van der Waals surface area (Å²) in [6.45, 7) is 9.10. The molecule has 1 aliphatic rings. The quantitative estimate of drug-likeness (QED) is 0.823. The molecule has 0 atom stereocenters. The average molecular weight is 277 g/mol. The van der Waals surface area contributed by atoms with Crippen LogP contribution < -0.4 is 4.90 Å². The van der Waals surface area contributed by atoms with Crippen molar-refractivity contribution >= 4 is 11.9 Å². The van der Waals surface area contributed by atoms with Crippen molar-refractivity contribution in [2.45, 2.75) is 40.0 Å². The lowest BCUT2D eigenvalue weighted by Gasteiger charge is -2.34. The molecule has 0 unspecified atom stereocenters. The number of hydrogen-bond donors (Lipinski definition) is 0. The number of anilines is 1. The molecule has 2 heterocycles. The molecule has 2 rings (SSSR count). The van der Waals surface area contributed by atoms with E-state index in [0.717, 1.165) is 50.4 Å². The highest BCUT2D eigenvalue weighted by atomic mass is 16.2. The van der Waals surface area contributed by atoms with Gasteiger partial charge in [0.2, 0.25) is 11.9 Å². The molecule has 1 amide bonds. The molecule has 0 aromatic carbocycles.